The van der Waals surface area contributed by atoms with Gasteiger partial charge < -0.3 is 9.64 Å². The Bertz CT molecular complexity index is 971. The van der Waals surface area contributed by atoms with Crippen LogP contribution < -0.4 is 4.74 Å². The standard InChI is InChI=1S/C22H24BrN3O/c1-5-26(4)14-24-21-13-20(23)22(25-15(21)2)27-16(3)18-11-10-17-8-6-7-9-19(17)12-18/h6-14,16H,5H2,1-4H3/b24-14+. The van der Waals surface area contributed by atoms with E-state index in [1.807, 2.05) is 50.3 Å². The van der Waals surface area contributed by atoms with Crippen LogP contribution in [0.2, 0.25) is 0 Å². The normalized spacial score (nSPS) is 12.5. The summed E-state index contributed by atoms with van der Waals surface area (Å²) in [6.45, 7) is 6.97. The summed E-state index contributed by atoms with van der Waals surface area (Å²) in [6, 6.07) is 16.7. The van der Waals surface area contributed by atoms with Crippen LogP contribution >= 0.6 is 15.9 Å². The van der Waals surface area contributed by atoms with E-state index in [4.69, 9.17) is 4.74 Å². The highest BCUT2D eigenvalue weighted by Crippen LogP contribution is 2.33. The molecule has 0 N–H and O–H groups in total. The lowest BCUT2D eigenvalue weighted by molar-refractivity contribution is 0.215. The Kier molecular flexibility index (Phi) is 6.11. The van der Waals surface area contributed by atoms with E-state index in [1.165, 1.54) is 10.8 Å². The summed E-state index contributed by atoms with van der Waals surface area (Å²) in [4.78, 5) is 11.1. The first-order chi connectivity index (χ1) is 13.0. The fourth-order valence-electron chi connectivity index (χ4n) is 2.70. The van der Waals surface area contributed by atoms with Crippen molar-refractivity contribution in [3.05, 3.63) is 64.3 Å². The van der Waals surface area contributed by atoms with Crippen molar-refractivity contribution in [2.75, 3.05) is 13.6 Å². The van der Waals surface area contributed by atoms with Crippen LogP contribution in [0.4, 0.5) is 5.69 Å². The van der Waals surface area contributed by atoms with E-state index in [0.717, 1.165) is 28.0 Å². The van der Waals surface area contributed by atoms with Crippen LogP contribution in [0.1, 0.15) is 31.2 Å². The zero-order valence-electron chi connectivity index (χ0n) is 16.1. The van der Waals surface area contributed by atoms with E-state index in [0.29, 0.717) is 5.88 Å². The van der Waals surface area contributed by atoms with Crippen molar-refractivity contribution in [1.82, 2.24) is 9.88 Å². The molecule has 1 aromatic heterocycles. The molecule has 2 aromatic carbocycles. The SMILES string of the molecule is CCN(C)/C=N/c1cc(Br)c(OC(C)c2ccc3ccccc3c2)nc1C. The van der Waals surface area contributed by atoms with Gasteiger partial charge in [-0.05, 0) is 65.2 Å². The topological polar surface area (TPSA) is 37.7 Å². The van der Waals surface area contributed by atoms with Crippen LogP contribution in [-0.2, 0) is 0 Å². The van der Waals surface area contributed by atoms with Crippen LogP contribution in [0.25, 0.3) is 10.8 Å². The molecule has 1 unspecified atom stereocenters. The molecular formula is C22H24BrN3O. The highest BCUT2D eigenvalue weighted by Gasteiger charge is 2.14. The third-order valence-electron chi connectivity index (χ3n) is 4.53. The van der Waals surface area contributed by atoms with Gasteiger partial charge in [0.15, 0.2) is 0 Å². The number of pyridine rings is 1. The molecule has 0 saturated carbocycles. The fraction of sp³-hybridized carbons (Fsp3) is 0.273. The van der Waals surface area contributed by atoms with Crippen molar-refractivity contribution in [3.63, 3.8) is 0 Å². The molecule has 0 spiro atoms. The Balaban J connectivity index is 1.81. The van der Waals surface area contributed by atoms with E-state index in [-0.39, 0.29) is 6.10 Å². The molecule has 0 bridgehead atoms. The minimum absolute atomic E-state index is 0.113. The second-order valence-electron chi connectivity index (χ2n) is 6.56. The lowest BCUT2D eigenvalue weighted by Gasteiger charge is -2.17. The molecule has 140 valence electrons. The number of ether oxygens (including phenoxy) is 1. The number of halogens is 1. The number of benzene rings is 2. The van der Waals surface area contributed by atoms with E-state index in [2.05, 4.69) is 63.2 Å². The van der Waals surface area contributed by atoms with Gasteiger partial charge in [0.2, 0.25) is 5.88 Å². The van der Waals surface area contributed by atoms with Gasteiger partial charge in [-0.25, -0.2) is 9.98 Å². The first kappa shape index (κ1) is 19.4. The quantitative estimate of drug-likeness (QED) is 0.355. The number of aliphatic imine (C=N–C) groups is 1. The van der Waals surface area contributed by atoms with Crippen LogP contribution in [0.5, 0.6) is 5.88 Å². The summed E-state index contributed by atoms with van der Waals surface area (Å²) in [5.41, 5.74) is 2.78. The maximum absolute atomic E-state index is 6.14. The van der Waals surface area contributed by atoms with Crippen LogP contribution in [0.3, 0.4) is 0 Å². The molecule has 0 aliphatic carbocycles. The zero-order valence-corrected chi connectivity index (χ0v) is 17.7. The zero-order chi connectivity index (χ0) is 19.4. The number of rotatable bonds is 6. The molecule has 4 nitrogen and oxygen atoms in total. The average Bonchev–Trinajstić information content (AvgIpc) is 2.68. The maximum Gasteiger partial charge on any atom is 0.228 e. The number of aryl methyl sites for hydroxylation is 1. The molecule has 3 rings (SSSR count). The van der Waals surface area contributed by atoms with Crippen LogP contribution in [0.15, 0.2) is 58.0 Å². The first-order valence-electron chi connectivity index (χ1n) is 9.05. The van der Waals surface area contributed by atoms with Gasteiger partial charge in [0.1, 0.15) is 6.10 Å². The number of hydrogen-bond acceptors (Lipinski definition) is 3. The van der Waals surface area contributed by atoms with E-state index in [1.54, 1.807) is 0 Å². The van der Waals surface area contributed by atoms with Gasteiger partial charge in [-0.15, -0.1) is 0 Å². The van der Waals surface area contributed by atoms with Crippen LogP contribution in [0, 0.1) is 6.92 Å². The van der Waals surface area contributed by atoms with Gasteiger partial charge >= 0.3 is 0 Å². The Morgan fingerprint density at radius 3 is 2.67 bits per heavy atom. The summed E-state index contributed by atoms with van der Waals surface area (Å²) < 4.78 is 6.94. The Morgan fingerprint density at radius 1 is 1.19 bits per heavy atom. The second kappa shape index (κ2) is 8.53. The first-order valence-corrected chi connectivity index (χ1v) is 9.84. The van der Waals surface area contributed by atoms with E-state index < -0.39 is 0 Å². The third kappa shape index (κ3) is 4.66. The lowest BCUT2D eigenvalue weighted by Crippen LogP contribution is -2.14. The smallest absolute Gasteiger partial charge is 0.228 e. The van der Waals surface area contributed by atoms with Gasteiger partial charge in [0, 0.05) is 13.6 Å². The summed E-state index contributed by atoms with van der Waals surface area (Å²) >= 11 is 3.57. The minimum Gasteiger partial charge on any atom is -0.469 e. The van der Waals surface area contributed by atoms with E-state index >= 15 is 0 Å². The molecule has 0 aliphatic rings. The van der Waals surface area contributed by atoms with Crippen molar-refractivity contribution in [2.24, 2.45) is 4.99 Å². The van der Waals surface area contributed by atoms with Crippen molar-refractivity contribution in [3.8, 4) is 5.88 Å². The summed E-state index contributed by atoms with van der Waals surface area (Å²) in [6.07, 6.45) is 1.70. The molecule has 0 fully saturated rings. The van der Waals surface area contributed by atoms with Gasteiger partial charge in [-0.2, -0.15) is 0 Å². The van der Waals surface area contributed by atoms with Crippen LogP contribution in [-0.4, -0.2) is 29.8 Å². The Morgan fingerprint density at radius 2 is 1.93 bits per heavy atom. The number of aromatic nitrogens is 1. The molecule has 1 heterocycles. The number of fused-ring (bicyclic) bond motifs is 1. The van der Waals surface area contributed by atoms with Gasteiger partial charge in [0.05, 0.1) is 22.2 Å². The maximum atomic E-state index is 6.14. The Hall–Kier alpha value is -2.40. The van der Waals surface area contributed by atoms with E-state index in [9.17, 15) is 0 Å². The number of nitrogens with zero attached hydrogens (tertiary/aromatic N) is 3. The van der Waals surface area contributed by atoms with Crippen molar-refractivity contribution >= 4 is 38.7 Å². The Labute approximate surface area is 169 Å². The van der Waals surface area contributed by atoms with Crippen molar-refractivity contribution in [1.29, 1.82) is 0 Å². The van der Waals surface area contributed by atoms with Gasteiger partial charge in [-0.1, -0.05) is 36.4 Å². The third-order valence-corrected chi connectivity index (χ3v) is 5.10. The van der Waals surface area contributed by atoms with Crippen molar-refractivity contribution < 1.29 is 4.74 Å². The predicted octanol–water partition coefficient (Wildman–Crippen LogP) is 6.06. The largest absolute Gasteiger partial charge is 0.469 e. The summed E-state index contributed by atoms with van der Waals surface area (Å²) in [5, 5.41) is 2.43. The highest BCUT2D eigenvalue weighted by molar-refractivity contribution is 9.10. The predicted molar refractivity (Wildman–Crippen MR) is 116 cm³/mol. The molecule has 0 aliphatic heterocycles. The van der Waals surface area contributed by atoms with Gasteiger partial charge in [0.25, 0.3) is 0 Å². The number of hydrogen-bond donors (Lipinski definition) is 0. The fourth-order valence-corrected chi connectivity index (χ4v) is 3.10. The lowest BCUT2D eigenvalue weighted by atomic mass is 10.0. The molecule has 0 amide bonds. The van der Waals surface area contributed by atoms with Gasteiger partial charge in [-0.3, -0.25) is 0 Å². The molecule has 5 heteroatoms. The summed E-state index contributed by atoms with van der Waals surface area (Å²) in [5.74, 6) is 0.580. The minimum atomic E-state index is -0.113. The highest BCUT2D eigenvalue weighted by atomic mass is 79.9. The molecule has 1 atom stereocenters. The molecule has 3 aromatic rings. The second-order valence-corrected chi connectivity index (χ2v) is 7.42. The summed E-state index contributed by atoms with van der Waals surface area (Å²) in [7, 11) is 1.99. The molecular weight excluding hydrogens is 402 g/mol. The monoisotopic (exact) mass is 425 g/mol. The molecule has 27 heavy (non-hydrogen) atoms. The van der Waals surface area contributed by atoms with Crippen molar-refractivity contribution in [2.45, 2.75) is 26.9 Å². The molecule has 0 radical (unpaired) electrons. The molecule has 0 saturated heterocycles. The average molecular weight is 426 g/mol.